The third kappa shape index (κ3) is 6.68. The molecule has 40 heavy (non-hydrogen) atoms. The zero-order chi connectivity index (χ0) is 29.2. The fraction of sp³-hybridized carbons (Fsp3) is 0.435. The first-order valence-corrected chi connectivity index (χ1v) is 12.4. The maximum atomic E-state index is 13.4. The molecule has 0 saturated carbocycles. The van der Waals surface area contributed by atoms with Crippen LogP contribution in [0.5, 0.6) is 0 Å². The van der Waals surface area contributed by atoms with E-state index in [1.807, 2.05) is 0 Å². The topological polar surface area (TPSA) is 110 Å². The van der Waals surface area contributed by atoms with Crippen LogP contribution >= 0.6 is 12.6 Å². The molecule has 2 aromatic rings. The number of thiol groups is 1. The molecule has 2 aliphatic heterocycles. The standard InChI is InChI=1S/C23H24F6N8O2S/c1-13(33-16-10-32-34-19(38)18(16)23(27,28)29)11-37-12-14(2-3-17(37)40)20(39)35-4-6-36(7-5-35)21-30-8-15(9-31-21)22(24,25)26/h2-3,8-10,12-13,17,40H,4-7,11H2,1H3,(H2,33,34,38)/t13-,17-/m0/s1. The number of anilines is 2. The van der Waals surface area contributed by atoms with Crippen LogP contribution in [-0.4, -0.2) is 80.0 Å². The predicted octanol–water partition coefficient (Wildman–Crippen LogP) is 2.76. The van der Waals surface area contributed by atoms with E-state index in [-0.39, 0.29) is 31.5 Å². The third-order valence-electron chi connectivity index (χ3n) is 6.18. The molecule has 1 saturated heterocycles. The molecular formula is C23H24F6N8O2S. The van der Waals surface area contributed by atoms with Crippen molar-refractivity contribution in [3.8, 4) is 0 Å². The Kier molecular flexibility index (Phi) is 8.32. The van der Waals surface area contributed by atoms with Gasteiger partial charge in [0.1, 0.15) is 5.56 Å². The van der Waals surface area contributed by atoms with Gasteiger partial charge in [-0.15, -0.1) is 0 Å². The molecule has 0 bridgehead atoms. The van der Waals surface area contributed by atoms with E-state index in [1.165, 1.54) is 0 Å². The van der Waals surface area contributed by atoms with Crippen LogP contribution in [-0.2, 0) is 17.1 Å². The molecule has 1 fully saturated rings. The number of rotatable bonds is 6. The molecule has 17 heteroatoms. The first-order chi connectivity index (χ1) is 18.7. The summed E-state index contributed by atoms with van der Waals surface area (Å²) in [6, 6.07) is -0.606. The number of carbonyl (C=O) groups is 1. The van der Waals surface area contributed by atoms with E-state index >= 15 is 0 Å². The van der Waals surface area contributed by atoms with Gasteiger partial charge < -0.3 is 20.0 Å². The minimum absolute atomic E-state index is 0.131. The van der Waals surface area contributed by atoms with Gasteiger partial charge in [0.15, 0.2) is 0 Å². The minimum atomic E-state index is -4.89. The van der Waals surface area contributed by atoms with Crippen molar-refractivity contribution in [2.24, 2.45) is 0 Å². The van der Waals surface area contributed by atoms with Crippen molar-refractivity contribution in [2.45, 2.75) is 30.7 Å². The zero-order valence-electron chi connectivity index (χ0n) is 20.9. The van der Waals surface area contributed by atoms with E-state index < -0.39 is 46.1 Å². The molecule has 4 rings (SSSR count). The Hall–Kier alpha value is -3.76. The first-order valence-electron chi connectivity index (χ1n) is 11.9. The summed E-state index contributed by atoms with van der Waals surface area (Å²) >= 11 is 4.46. The van der Waals surface area contributed by atoms with Crippen LogP contribution in [0.3, 0.4) is 0 Å². The van der Waals surface area contributed by atoms with E-state index in [4.69, 9.17) is 0 Å². The van der Waals surface area contributed by atoms with Crippen molar-refractivity contribution < 1.29 is 31.1 Å². The van der Waals surface area contributed by atoms with Gasteiger partial charge in [-0.25, -0.2) is 15.1 Å². The molecule has 216 valence electrons. The minimum Gasteiger partial charge on any atom is -0.379 e. The number of nitrogens with zero attached hydrogens (tertiary/aromatic N) is 6. The van der Waals surface area contributed by atoms with Crippen molar-refractivity contribution in [2.75, 3.05) is 42.9 Å². The van der Waals surface area contributed by atoms with Crippen molar-refractivity contribution in [1.29, 1.82) is 0 Å². The fourth-order valence-electron chi connectivity index (χ4n) is 4.22. The average Bonchev–Trinajstić information content (AvgIpc) is 2.88. The van der Waals surface area contributed by atoms with Gasteiger partial charge in [0.25, 0.3) is 11.5 Å². The number of hydrogen-bond acceptors (Lipinski definition) is 9. The number of H-pyrrole nitrogens is 1. The molecule has 0 radical (unpaired) electrons. The summed E-state index contributed by atoms with van der Waals surface area (Å²) in [7, 11) is 0. The monoisotopic (exact) mass is 590 g/mol. The summed E-state index contributed by atoms with van der Waals surface area (Å²) in [4.78, 5) is 37.4. The smallest absolute Gasteiger partial charge is 0.379 e. The summed E-state index contributed by atoms with van der Waals surface area (Å²) in [6.07, 6.45) is -2.30. The molecular weight excluding hydrogens is 566 g/mol. The highest BCUT2D eigenvalue weighted by Gasteiger charge is 2.38. The average molecular weight is 591 g/mol. The molecule has 0 aliphatic carbocycles. The second kappa shape index (κ2) is 11.4. The Bertz CT molecular complexity index is 1340. The van der Waals surface area contributed by atoms with Crippen LogP contribution in [0.25, 0.3) is 0 Å². The van der Waals surface area contributed by atoms with E-state index in [2.05, 4.69) is 33.0 Å². The number of amides is 1. The summed E-state index contributed by atoms with van der Waals surface area (Å²) in [6.45, 7) is 2.90. The Balaban J connectivity index is 1.38. The third-order valence-corrected chi connectivity index (χ3v) is 6.65. The Morgan fingerprint density at radius 2 is 1.75 bits per heavy atom. The summed E-state index contributed by atoms with van der Waals surface area (Å²) < 4.78 is 78.3. The second-order valence-electron chi connectivity index (χ2n) is 9.13. The molecule has 4 heterocycles. The molecule has 0 spiro atoms. The summed E-state index contributed by atoms with van der Waals surface area (Å²) in [5.74, 6) is -0.167. The Morgan fingerprint density at radius 3 is 2.35 bits per heavy atom. The first kappa shape index (κ1) is 29.2. The van der Waals surface area contributed by atoms with Gasteiger partial charge in [-0.05, 0) is 13.0 Å². The predicted molar refractivity (Wildman–Crippen MR) is 135 cm³/mol. The lowest BCUT2D eigenvalue weighted by atomic mass is 10.1. The van der Waals surface area contributed by atoms with Gasteiger partial charge in [0.2, 0.25) is 5.95 Å². The van der Waals surface area contributed by atoms with Crippen LogP contribution in [0.15, 0.2) is 47.3 Å². The van der Waals surface area contributed by atoms with E-state index in [1.54, 1.807) is 45.1 Å². The highest BCUT2D eigenvalue weighted by Crippen LogP contribution is 2.32. The highest BCUT2D eigenvalue weighted by molar-refractivity contribution is 7.81. The van der Waals surface area contributed by atoms with Gasteiger partial charge in [0.05, 0.1) is 28.4 Å². The van der Waals surface area contributed by atoms with Gasteiger partial charge in [0, 0.05) is 57.4 Å². The number of nitrogens with one attached hydrogen (secondary N) is 2. The maximum Gasteiger partial charge on any atom is 0.423 e. The Morgan fingerprint density at radius 1 is 1.10 bits per heavy atom. The number of alkyl halides is 6. The van der Waals surface area contributed by atoms with Gasteiger partial charge in [-0.1, -0.05) is 6.08 Å². The van der Waals surface area contributed by atoms with Crippen LogP contribution in [0.4, 0.5) is 38.0 Å². The number of aromatic amines is 1. The lowest BCUT2D eigenvalue weighted by molar-refractivity contribution is -0.139. The van der Waals surface area contributed by atoms with Crippen molar-refractivity contribution in [3.05, 3.63) is 64.0 Å². The molecule has 0 aromatic carbocycles. The van der Waals surface area contributed by atoms with Gasteiger partial charge in [-0.3, -0.25) is 9.59 Å². The van der Waals surface area contributed by atoms with Gasteiger partial charge in [-0.2, -0.15) is 44.1 Å². The normalized spacial score (nSPS) is 18.9. The highest BCUT2D eigenvalue weighted by atomic mass is 32.1. The number of hydrogen-bond donors (Lipinski definition) is 3. The molecule has 0 unspecified atom stereocenters. The van der Waals surface area contributed by atoms with E-state index in [0.717, 1.165) is 6.20 Å². The molecule has 10 nitrogen and oxygen atoms in total. The lowest BCUT2D eigenvalue weighted by Crippen LogP contribution is -2.50. The largest absolute Gasteiger partial charge is 0.423 e. The van der Waals surface area contributed by atoms with E-state index in [9.17, 15) is 35.9 Å². The lowest BCUT2D eigenvalue weighted by Gasteiger charge is -2.36. The second-order valence-corrected chi connectivity index (χ2v) is 9.66. The van der Waals surface area contributed by atoms with Crippen LogP contribution in [0.1, 0.15) is 18.1 Å². The Labute approximate surface area is 229 Å². The van der Waals surface area contributed by atoms with Crippen molar-refractivity contribution in [1.82, 2.24) is 30.0 Å². The number of aromatic nitrogens is 4. The van der Waals surface area contributed by atoms with Crippen LogP contribution < -0.4 is 15.8 Å². The zero-order valence-corrected chi connectivity index (χ0v) is 21.8. The number of halogens is 6. The molecule has 2 aromatic heterocycles. The van der Waals surface area contributed by atoms with Crippen molar-refractivity contribution >= 4 is 30.2 Å². The fourth-order valence-corrected chi connectivity index (χ4v) is 4.47. The molecule has 2 N–H and O–H groups in total. The molecule has 2 atom stereocenters. The van der Waals surface area contributed by atoms with Crippen LogP contribution in [0.2, 0.25) is 0 Å². The summed E-state index contributed by atoms with van der Waals surface area (Å²) in [5, 5.41) is 7.41. The number of piperazine rings is 1. The molecule has 2 aliphatic rings. The van der Waals surface area contributed by atoms with Gasteiger partial charge >= 0.3 is 12.4 Å². The quantitative estimate of drug-likeness (QED) is 0.348. The summed E-state index contributed by atoms with van der Waals surface area (Å²) in [5.41, 5.74) is -3.85. The maximum absolute atomic E-state index is 13.4. The SMILES string of the molecule is C[C@@H](CN1C=C(C(=O)N2CCN(c3ncc(C(F)(F)F)cn3)CC2)C=C[C@@H]1S)Nc1cn[nH]c(=O)c1C(F)(F)F. The number of carbonyl (C=O) groups excluding carboxylic acids is 1. The molecule has 1 amide bonds. The van der Waals surface area contributed by atoms with Crippen LogP contribution in [0, 0.1) is 0 Å². The van der Waals surface area contributed by atoms with Crippen molar-refractivity contribution in [3.63, 3.8) is 0 Å². The van der Waals surface area contributed by atoms with E-state index in [0.29, 0.717) is 31.1 Å².